The van der Waals surface area contributed by atoms with Crippen molar-refractivity contribution in [2.75, 3.05) is 33.4 Å². The number of carbonyl (C=O) groups excluding carboxylic acids is 1. The third kappa shape index (κ3) is 3.84. The molecule has 1 aliphatic rings. The number of morpholine rings is 1. The smallest absolute Gasteiger partial charge is 0.157 e. The van der Waals surface area contributed by atoms with E-state index in [1.54, 1.807) is 7.11 Å². The predicted octanol–water partition coefficient (Wildman–Crippen LogP) is 2.68. The fourth-order valence-electron chi connectivity index (χ4n) is 2.57. The number of hydrogen-bond acceptors (Lipinski definition) is 4. The van der Waals surface area contributed by atoms with Crippen molar-refractivity contribution in [3.05, 3.63) is 28.2 Å². The van der Waals surface area contributed by atoms with Gasteiger partial charge < -0.3 is 9.47 Å². The van der Waals surface area contributed by atoms with Crippen molar-refractivity contribution in [3.8, 4) is 5.75 Å². The number of rotatable bonds is 5. The first kappa shape index (κ1) is 16.5. The lowest BCUT2D eigenvalue weighted by Crippen LogP contribution is -2.54. The van der Waals surface area contributed by atoms with Crippen LogP contribution in [0.1, 0.15) is 19.4 Å². The van der Waals surface area contributed by atoms with E-state index in [4.69, 9.17) is 9.47 Å². The van der Waals surface area contributed by atoms with Gasteiger partial charge in [0.2, 0.25) is 0 Å². The Bertz CT molecular complexity index is 510. The third-order valence-electron chi connectivity index (χ3n) is 4.08. The molecule has 1 aromatic rings. The number of nitrogens with zero attached hydrogens (tertiary/aromatic N) is 1. The summed E-state index contributed by atoms with van der Waals surface area (Å²) >= 11 is 3.45. The predicted molar refractivity (Wildman–Crippen MR) is 85.9 cm³/mol. The van der Waals surface area contributed by atoms with Crippen molar-refractivity contribution in [2.45, 2.75) is 25.8 Å². The van der Waals surface area contributed by atoms with Gasteiger partial charge in [-0.1, -0.05) is 15.9 Å². The lowest BCUT2D eigenvalue weighted by Gasteiger charge is -2.39. The second-order valence-electron chi connectivity index (χ2n) is 5.71. The van der Waals surface area contributed by atoms with Gasteiger partial charge in [-0.05, 0) is 32.0 Å². The highest BCUT2D eigenvalue weighted by molar-refractivity contribution is 9.10. The van der Waals surface area contributed by atoms with Gasteiger partial charge in [-0.2, -0.15) is 0 Å². The molecule has 0 bridgehead atoms. The topological polar surface area (TPSA) is 38.8 Å². The van der Waals surface area contributed by atoms with Gasteiger partial charge in [0.15, 0.2) is 5.78 Å². The van der Waals surface area contributed by atoms with Gasteiger partial charge in [-0.15, -0.1) is 0 Å². The van der Waals surface area contributed by atoms with E-state index in [2.05, 4.69) is 20.8 Å². The number of carbonyl (C=O) groups is 1. The Morgan fingerprint density at radius 2 is 2.05 bits per heavy atom. The normalized spacial score (nSPS) is 16.8. The molecule has 0 amide bonds. The van der Waals surface area contributed by atoms with Gasteiger partial charge in [0.05, 0.1) is 25.9 Å². The van der Waals surface area contributed by atoms with Crippen LogP contribution >= 0.6 is 15.9 Å². The summed E-state index contributed by atoms with van der Waals surface area (Å²) in [6.45, 7) is 6.97. The second kappa shape index (κ2) is 6.90. The van der Waals surface area contributed by atoms with Crippen molar-refractivity contribution in [3.63, 3.8) is 0 Å². The fourth-order valence-corrected chi connectivity index (χ4v) is 2.98. The summed E-state index contributed by atoms with van der Waals surface area (Å²) in [5.74, 6) is 0.949. The van der Waals surface area contributed by atoms with Crippen molar-refractivity contribution in [2.24, 2.45) is 0 Å². The quantitative estimate of drug-likeness (QED) is 0.813. The Balaban J connectivity index is 2.14. The standard InChI is InChI=1S/C16H22BrNO3/c1-16(2,18-6-8-21-9-7-18)15(19)11-12-10-13(17)4-5-14(12)20-3/h4-5,10H,6-9,11H2,1-3H3. The highest BCUT2D eigenvalue weighted by Gasteiger charge is 2.35. The first-order valence-electron chi connectivity index (χ1n) is 7.13. The van der Waals surface area contributed by atoms with E-state index in [0.29, 0.717) is 19.6 Å². The van der Waals surface area contributed by atoms with Gasteiger partial charge in [0.1, 0.15) is 5.75 Å². The largest absolute Gasteiger partial charge is 0.496 e. The first-order valence-corrected chi connectivity index (χ1v) is 7.93. The molecule has 116 valence electrons. The van der Waals surface area contributed by atoms with E-state index in [1.165, 1.54) is 0 Å². The summed E-state index contributed by atoms with van der Waals surface area (Å²) < 4.78 is 11.7. The van der Waals surface area contributed by atoms with E-state index < -0.39 is 5.54 Å². The molecule has 0 saturated carbocycles. The highest BCUT2D eigenvalue weighted by Crippen LogP contribution is 2.26. The zero-order valence-electron chi connectivity index (χ0n) is 12.8. The van der Waals surface area contributed by atoms with Crippen LogP contribution in [0.25, 0.3) is 0 Å². The van der Waals surface area contributed by atoms with Crippen LogP contribution in [0.5, 0.6) is 5.75 Å². The van der Waals surface area contributed by atoms with Gasteiger partial charge in [0.25, 0.3) is 0 Å². The molecular formula is C16H22BrNO3. The molecule has 1 fully saturated rings. The van der Waals surface area contributed by atoms with E-state index in [9.17, 15) is 4.79 Å². The molecule has 0 spiro atoms. The first-order chi connectivity index (χ1) is 9.95. The fraction of sp³-hybridized carbons (Fsp3) is 0.562. The number of ketones is 1. The zero-order chi connectivity index (χ0) is 15.5. The Morgan fingerprint density at radius 3 is 2.67 bits per heavy atom. The minimum absolute atomic E-state index is 0.195. The van der Waals surface area contributed by atoms with E-state index in [0.717, 1.165) is 28.9 Å². The van der Waals surface area contributed by atoms with Crippen molar-refractivity contribution >= 4 is 21.7 Å². The molecule has 0 aromatic heterocycles. The van der Waals surface area contributed by atoms with Crippen LogP contribution in [0.2, 0.25) is 0 Å². The van der Waals surface area contributed by atoms with E-state index in [1.807, 2.05) is 32.0 Å². The minimum Gasteiger partial charge on any atom is -0.496 e. The van der Waals surface area contributed by atoms with Gasteiger partial charge in [-0.3, -0.25) is 9.69 Å². The molecule has 2 rings (SSSR count). The van der Waals surface area contributed by atoms with Crippen LogP contribution < -0.4 is 4.74 Å². The van der Waals surface area contributed by atoms with E-state index in [-0.39, 0.29) is 5.78 Å². The Labute approximate surface area is 134 Å². The lowest BCUT2D eigenvalue weighted by atomic mass is 9.91. The number of Topliss-reactive ketones (excluding diaryl/α,β-unsaturated/α-hetero) is 1. The van der Waals surface area contributed by atoms with Gasteiger partial charge >= 0.3 is 0 Å². The third-order valence-corrected chi connectivity index (χ3v) is 4.57. The Morgan fingerprint density at radius 1 is 1.38 bits per heavy atom. The van der Waals surface area contributed by atoms with E-state index >= 15 is 0 Å². The van der Waals surface area contributed by atoms with Crippen molar-refractivity contribution < 1.29 is 14.3 Å². The van der Waals surface area contributed by atoms with Crippen molar-refractivity contribution in [1.29, 1.82) is 0 Å². The molecule has 0 N–H and O–H groups in total. The maximum Gasteiger partial charge on any atom is 0.157 e. The number of ether oxygens (including phenoxy) is 2. The molecule has 21 heavy (non-hydrogen) atoms. The minimum atomic E-state index is -0.489. The van der Waals surface area contributed by atoms with Crippen LogP contribution in [0.4, 0.5) is 0 Å². The molecule has 5 heteroatoms. The van der Waals surface area contributed by atoms with Crippen LogP contribution in [0.3, 0.4) is 0 Å². The molecule has 0 atom stereocenters. The Kier molecular flexibility index (Phi) is 5.41. The molecule has 0 radical (unpaired) electrons. The molecule has 4 nitrogen and oxygen atoms in total. The summed E-state index contributed by atoms with van der Waals surface area (Å²) in [5.41, 5.74) is 0.426. The summed E-state index contributed by atoms with van der Waals surface area (Å²) in [7, 11) is 1.63. The molecule has 1 heterocycles. The molecule has 0 aliphatic carbocycles. The molecule has 0 unspecified atom stereocenters. The van der Waals surface area contributed by atoms with Crippen LogP contribution in [0, 0.1) is 0 Å². The number of hydrogen-bond donors (Lipinski definition) is 0. The summed E-state index contributed by atoms with van der Waals surface area (Å²) in [5, 5.41) is 0. The second-order valence-corrected chi connectivity index (χ2v) is 6.63. The summed E-state index contributed by atoms with van der Waals surface area (Å²) in [6, 6.07) is 5.75. The molecule has 1 saturated heterocycles. The average Bonchev–Trinajstić information content (AvgIpc) is 2.48. The molecule has 1 aromatic carbocycles. The number of methoxy groups -OCH3 is 1. The Hall–Kier alpha value is -0.910. The monoisotopic (exact) mass is 355 g/mol. The number of benzene rings is 1. The highest BCUT2D eigenvalue weighted by atomic mass is 79.9. The van der Waals surface area contributed by atoms with Crippen LogP contribution in [-0.4, -0.2) is 49.6 Å². The van der Waals surface area contributed by atoms with Crippen LogP contribution in [-0.2, 0) is 16.0 Å². The zero-order valence-corrected chi connectivity index (χ0v) is 14.4. The van der Waals surface area contributed by atoms with Crippen LogP contribution in [0.15, 0.2) is 22.7 Å². The SMILES string of the molecule is COc1ccc(Br)cc1CC(=O)C(C)(C)N1CCOCC1. The average molecular weight is 356 g/mol. The lowest BCUT2D eigenvalue weighted by molar-refractivity contribution is -0.131. The molecular weight excluding hydrogens is 334 g/mol. The maximum atomic E-state index is 12.8. The maximum absolute atomic E-state index is 12.8. The summed E-state index contributed by atoms with van der Waals surface area (Å²) in [6.07, 6.45) is 0.368. The number of halogens is 1. The molecule has 1 aliphatic heterocycles. The summed E-state index contributed by atoms with van der Waals surface area (Å²) in [4.78, 5) is 15.0. The van der Waals surface area contributed by atoms with Crippen molar-refractivity contribution in [1.82, 2.24) is 4.90 Å². The van der Waals surface area contributed by atoms with Gasteiger partial charge in [-0.25, -0.2) is 0 Å². The van der Waals surface area contributed by atoms with Gasteiger partial charge in [0, 0.05) is 29.5 Å².